The standard InChI is InChI=1S/C49H29N3O/c1-2-13-33(14-3-1)47-50-48(35-25-26-38-34(29-35)24-23-32-22-21-31-12-5-7-17-37(31)44(32)38)52-49(51-47)42-28-27-40(39-19-10-15-30-11-4-6-16-36(30)39)46-45(42)41-18-8-9-20-43(41)53-46/h1-29H. The number of fused-ring (bicyclic) bond motifs is 9. The molecule has 9 aromatic carbocycles. The molecule has 246 valence electrons. The molecule has 0 aliphatic carbocycles. The quantitative estimate of drug-likeness (QED) is 0.174. The van der Waals surface area contributed by atoms with Crippen molar-refractivity contribution in [1.29, 1.82) is 0 Å². The Hall–Kier alpha value is -7.17. The van der Waals surface area contributed by atoms with Crippen molar-refractivity contribution in [2.75, 3.05) is 0 Å². The highest BCUT2D eigenvalue weighted by Gasteiger charge is 2.21. The van der Waals surface area contributed by atoms with Gasteiger partial charge in [-0.1, -0.05) is 152 Å². The van der Waals surface area contributed by atoms with Crippen molar-refractivity contribution in [2.45, 2.75) is 0 Å². The molecule has 0 aliphatic heterocycles. The van der Waals surface area contributed by atoms with Crippen molar-refractivity contribution in [1.82, 2.24) is 15.0 Å². The van der Waals surface area contributed by atoms with Gasteiger partial charge < -0.3 is 4.42 Å². The summed E-state index contributed by atoms with van der Waals surface area (Å²) in [5, 5.41) is 11.7. The van der Waals surface area contributed by atoms with Gasteiger partial charge in [0.2, 0.25) is 0 Å². The van der Waals surface area contributed by atoms with E-state index in [2.05, 4.69) is 133 Å². The van der Waals surface area contributed by atoms with E-state index in [1.165, 1.54) is 37.7 Å². The van der Waals surface area contributed by atoms with Gasteiger partial charge in [0.25, 0.3) is 0 Å². The van der Waals surface area contributed by atoms with Gasteiger partial charge in [-0.15, -0.1) is 0 Å². The van der Waals surface area contributed by atoms with Crippen molar-refractivity contribution < 1.29 is 4.42 Å². The van der Waals surface area contributed by atoms with Crippen LogP contribution in [0.1, 0.15) is 0 Å². The second kappa shape index (κ2) is 11.7. The van der Waals surface area contributed by atoms with Gasteiger partial charge in [0, 0.05) is 33.0 Å². The molecule has 11 aromatic rings. The SMILES string of the molecule is c1ccc(-c2nc(-c3ccc4c(ccc5ccc6ccccc6c54)c3)nc(-c3ccc(-c4cccc5ccccc45)c4oc5ccccc5c34)n2)cc1. The minimum Gasteiger partial charge on any atom is -0.455 e. The van der Waals surface area contributed by atoms with Crippen LogP contribution in [0.3, 0.4) is 0 Å². The summed E-state index contributed by atoms with van der Waals surface area (Å²) in [4.78, 5) is 15.5. The number of furan rings is 1. The highest BCUT2D eigenvalue weighted by molar-refractivity contribution is 6.21. The summed E-state index contributed by atoms with van der Waals surface area (Å²) in [5.41, 5.74) is 6.54. The van der Waals surface area contributed by atoms with Gasteiger partial charge >= 0.3 is 0 Å². The van der Waals surface area contributed by atoms with E-state index in [1.807, 2.05) is 42.5 Å². The van der Waals surface area contributed by atoms with E-state index in [0.29, 0.717) is 17.5 Å². The van der Waals surface area contributed by atoms with E-state index in [9.17, 15) is 0 Å². The predicted molar refractivity (Wildman–Crippen MR) is 219 cm³/mol. The smallest absolute Gasteiger partial charge is 0.164 e. The van der Waals surface area contributed by atoms with Crippen LogP contribution in [0.5, 0.6) is 0 Å². The average Bonchev–Trinajstić information content (AvgIpc) is 3.63. The topological polar surface area (TPSA) is 51.8 Å². The van der Waals surface area contributed by atoms with Crippen LogP contribution in [0.4, 0.5) is 0 Å². The van der Waals surface area contributed by atoms with E-state index >= 15 is 0 Å². The molecule has 2 aromatic heterocycles. The fraction of sp³-hybridized carbons (Fsp3) is 0. The van der Waals surface area contributed by atoms with Crippen LogP contribution in [0.25, 0.3) is 110 Å². The molecule has 4 nitrogen and oxygen atoms in total. The molecule has 4 heteroatoms. The molecule has 0 radical (unpaired) electrons. The zero-order valence-corrected chi connectivity index (χ0v) is 28.5. The number of hydrogen-bond donors (Lipinski definition) is 0. The molecule has 0 saturated heterocycles. The summed E-state index contributed by atoms with van der Waals surface area (Å²) in [6.45, 7) is 0. The Bertz CT molecular complexity index is 3230. The highest BCUT2D eigenvalue weighted by Crippen LogP contribution is 2.43. The van der Waals surface area contributed by atoms with Crippen molar-refractivity contribution in [2.24, 2.45) is 0 Å². The van der Waals surface area contributed by atoms with E-state index < -0.39 is 0 Å². The second-order valence-corrected chi connectivity index (χ2v) is 13.5. The molecule has 2 heterocycles. The Labute approximate surface area is 304 Å². The summed E-state index contributed by atoms with van der Waals surface area (Å²) in [7, 11) is 0. The maximum Gasteiger partial charge on any atom is 0.164 e. The van der Waals surface area contributed by atoms with E-state index in [4.69, 9.17) is 19.4 Å². The molecule has 0 N–H and O–H groups in total. The number of nitrogens with zero attached hydrogens (tertiary/aromatic N) is 3. The molecule has 0 amide bonds. The first kappa shape index (κ1) is 29.5. The van der Waals surface area contributed by atoms with Crippen LogP contribution >= 0.6 is 0 Å². The van der Waals surface area contributed by atoms with Crippen molar-refractivity contribution in [3.63, 3.8) is 0 Å². The summed E-state index contributed by atoms with van der Waals surface area (Å²) in [6.07, 6.45) is 0. The second-order valence-electron chi connectivity index (χ2n) is 13.5. The third kappa shape index (κ3) is 4.73. The molecule has 0 unspecified atom stereocenters. The van der Waals surface area contributed by atoms with Crippen LogP contribution in [0, 0.1) is 0 Å². The molecular weight excluding hydrogens is 647 g/mol. The molecule has 0 aliphatic rings. The van der Waals surface area contributed by atoms with Gasteiger partial charge in [-0.3, -0.25) is 0 Å². The third-order valence-electron chi connectivity index (χ3n) is 10.5. The lowest BCUT2D eigenvalue weighted by atomic mass is 9.94. The molecule has 0 spiro atoms. The van der Waals surface area contributed by atoms with Gasteiger partial charge in [0.15, 0.2) is 17.5 Å². The number of hydrogen-bond acceptors (Lipinski definition) is 4. The van der Waals surface area contributed by atoms with Gasteiger partial charge in [-0.2, -0.15) is 0 Å². The highest BCUT2D eigenvalue weighted by atomic mass is 16.3. The van der Waals surface area contributed by atoms with Crippen molar-refractivity contribution in [3.05, 3.63) is 176 Å². The normalized spacial score (nSPS) is 11.8. The molecule has 11 rings (SSSR count). The zero-order chi connectivity index (χ0) is 34.9. The predicted octanol–water partition coefficient (Wildman–Crippen LogP) is 13.1. The number of benzene rings is 9. The van der Waals surface area contributed by atoms with Gasteiger partial charge in [-0.25, -0.2) is 15.0 Å². The van der Waals surface area contributed by atoms with E-state index in [0.717, 1.165) is 55.1 Å². The Morgan fingerprint density at radius 2 is 0.925 bits per heavy atom. The molecule has 0 bridgehead atoms. The monoisotopic (exact) mass is 675 g/mol. The van der Waals surface area contributed by atoms with Gasteiger partial charge in [-0.05, 0) is 72.9 Å². The van der Waals surface area contributed by atoms with Crippen LogP contribution in [0.15, 0.2) is 180 Å². The summed E-state index contributed by atoms with van der Waals surface area (Å²) < 4.78 is 6.72. The molecule has 0 saturated carbocycles. The summed E-state index contributed by atoms with van der Waals surface area (Å²) >= 11 is 0. The average molecular weight is 676 g/mol. The Morgan fingerprint density at radius 1 is 0.321 bits per heavy atom. The Kier molecular flexibility index (Phi) is 6.52. The molecule has 0 atom stereocenters. The Balaban J connectivity index is 1.16. The maximum absolute atomic E-state index is 6.72. The first-order chi connectivity index (χ1) is 26.3. The van der Waals surface area contributed by atoms with Crippen LogP contribution < -0.4 is 0 Å². The largest absolute Gasteiger partial charge is 0.455 e. The minimum absolute atomic E-state index is 0.597. The van der Waals surface area contributed by atoms with Crippen LogP contribution in [-0.2, 0) is 0 Å². The maximum atomic E-state index is 6.72. The van der Waals surface area contributed by atoms with Crippen LogP contribution in [-0.4, -0.2) is 15.0 Å². The lowest BCUT2D eigenvalue weighted by Crippen LogP contribution is -2.00. The number of rotatable bonds is 4. The molecule has 0 fully saturated rings. The first-order valence-corrected chi connectivity index (χ1v) is 17.9. The summed E-state index contributed by atoms with van der Waals surface area (Å²) in [6, 6.07) is 61.6. The summed E-state index contributed by atoms with van der Waals surface area (Å²) in [5.74, 6) is 1.83. The van der Waals surface area contributed by atoms with Crippen molar-refractivity contribution in [3.8, 4) is 45.3 Å². The van der Waals surface area contributed by atoms with Gasteiger partial charge in [0.1, 0.15) is 11.2 Å². The zero-order valence-electron chi connectivity index (χ0n) is 28.5. The van der Waals surface area contributed by atoms with Gasteiger partial charge in [0.05, 0.1) is 0 Å². The van der Waals surface area contributed by atoms with E-state index in [-0.39, 0.29) is 0 Å². The fourth-order valence-corrected chi connectivity index (χ4v) is 8.00. The van der Waals surface area contributed by atoms with Crippen LogP contribution in [0.2, 0.25) is 0 Å². The number of para-hydroxylation sites is 1. The molecular formula is C49H29N3O. The Morgan fingerprint density at radius 3 is 1.77 bits per heavy atom. The number of aromatic nitrogens is 3. The van der Waals surface area contributed by atoms with E-state index in [1.54, 1.807) is 0 Å². The molecule has 53 heavy (non-hydrogen) atoms. The fourth-order valence-electron chi connectivity index (χ4n) is 8.00. The lowest BCUT2D eigenvalue weighted by molar-refractivity contribution is 0.670. The lowest BCUT2D eigenvalue weighted by Gasteiger charge is -2.12. The third-order valence-corrected chi connectivity index (χ3v) is 10.5. The van der Waals surface area contributed by atoms with Crippen molar-refractivity contribution >= 4 is 65.0 Å². The minimum atomic E-state index is 0.597. The first-order valence-electron chi connectivity index (χ1n) is 17.9.